The molecule has 3 heterocycles. The van der Waals surface area contributed by atoms with Gasteiger partial charge >= 0.3 is 0 Å². The van der Waals surface area contributed by atoms with Gasteiger partial charge in [0.05, 0.1) is 6.20 Å². The molecule has 0 bridgehead atoms. The maximum atomic E-state index is 8.93. The number of pyridine rings is 2. The van der Waals surface area contributed by atoms with Gasteiger partial charge in [-0.2, -0.15) is 0 Å². The molecule has 0 spiro atoms. The SMILES string of the molecule is OCCCc1cncc(-c2cncc(OC[C@@H]3CCN3)c2)c1. The lowest BCUT2D eigenvalue weighted by Gasteiger charge is -2.27. The molecule has 0 radical (unpaired) electrons. The highest BCUT2D eigenvalue weighted by Gasteiger charge is 2.16. The van der Waals surface area contributed by atoms with Gasteiger partial charge in [0.2, 0.25) is 0 Å². The van der Waals surface area contributed by atoms with Crippen LogP contribution in [0.2, 0.25) is 0 Å². The van der Waals surface area contributed by atoms with Crippen LogP contribution >= 0.6 is 0 Å². The number of aryl methyl sites for hydroxylation is 1. The highest BCUT2D eigenvalue weighted by Crippen LogP contribution is 2.23. The summed E-state index contributed by atoms with van der Waals surface area (Å²) in [5.41, 5.74) is 3.14. The molecule has 1 atom stereocenters. The number of aliphatic hydroxyl groups is 1. The number of aliphatic hydroxyl groups excluding tert-OH is 1. The fourth-order valence-corrected chi connectivity index (χ4v) is 2.41. The van der Waals surface area contributed by atoms with E-state index >= 15 is 0 Å². The molecule has 0 amide bonds. The van der Waals surface area contributed by atoms with Crippen molar-refractivity contribution in [3.63, 3.8) is 0 Å². The summed E-state index contributed by atoms with van der Waals surface area (Å²) in [4.78, 5) is 8.54. The van der Waals surface area contributed by atoms with E-state index in [-0.39, 0.29) is 6.61 Å². The molecule has 0 aliphatic carbocycles. The minimum absolute atomic E-state index is 0.199. The largest absolute Gasteiger partial charge is 0.490 e. The van der Waals surface area contributed by atoms with Crippen molar-refractivity contribution in [3.05, 3.63) is 42.5 Å². The molecule has 0 aromatic carbocycles. The Morgan fingerprint density at radius 3 is 2.64 bits per heavy atom. The van der Waals surface area contributed by atoms with Crippen LogP contribution in [0.15, 0.2) is 36.9 Å². The Kier molecular flexibility index (Phi) is 4.98. The Balaban J connectivity index is 1.70. The van der Waals surface area contributed by atoms with Crippen LogP contribution in [0.1, 0.15) is 18.4 Å². The van der Waals surface area contributed by atoms with Crippen molar-refractivity contribution in [2.45, 2.75) is 25.3 Å². The summed E-state index contributed by atoms with van der Waals surface area (Å²) in [6.45, 7) is 1.96. The van der Waals surface area contributed by atoms with Crippen LogP contribution < -0.4 is 10.1 Å². The van der Waals surface area contributed by atoms with Gasteiger partial charge in [-0.1, -0.05) is 0 Å². The van der Waals surface area contributed by atoms with E-state index in [1.54, 1.807) is 6.20 Å². The number of hydrogen-bond acceptors (Lipinski definition) is 5. The monoisotopic (exact) mass is 299 g/mol. The zero-order chi connectivity index (χ0) is 15.2. The second kappa shape index (κ2) is 7.33. The molecule has 22 heavy (non-hydrogen) atoms. The molecule has 1 saturated heterocycles. The second-order valence-corrected chi connectivity index (χ2v) is 5.57. The van der Waals surface area contributed by atoms with Gasteiger partial charge in [0.25, 0.3) is 0 Å². The lowest BCUT2D eigenvalue weighted by Crippen LogP contribution is -2.46. The summed E-state index contributed by atoms with van der Waals surface area (Å²) in [6.07, 6.45) is 9.98. The number of aromatic nitrogens is 2. The fourth-order valence-electron chi connectivity index (χ4n) is 2.41. The normalized spacial score (nSPS) is 17.0. The predicted octanol–water partition coefficient (Wildman–Crippen LogP) is 1.81. The van der Waals surface area contributed by atoms with Crippen LogP contribution in [0.25, 0.3) is 11.1 Å². The molecule has 1 aliphatic rings. The van der Waals surface area contributed by atoms with Crippen molar-refractivity contribution in [1.82, 2.24) is 15.3 Å². The molecule has 2 N–H and O–H groups in total. The van der Waals surface area contributed by atoms with Crippen LogP contribution in [-0.2, 0) is 6.42 Å². The predicted molar refractivity (Wildman–Crippen MR) is 84.8 cm³/mol. The number of nitrogens with zero attached hydrogens (tertiary/aromatic N) is 2. The smallest absolute Gasteiger partial charge is 0.138 e. The Morgan fingerprint density at radius 1 is 1.14 bits per heavy atom. The number of ether oxygens (including phenoxy) is 1. The molecular formula is C17H21N3O2. The number of hydrogen-bond donors (Lipinski definition) is 2. The summed E-state index contributed by atoms with van der Waals surface area (Å²) < 4.78 is 5.79. The number of rotatable bonds is 7. The third-order valence-corrected chi connectivity index (χ3v) is 3.84. The van der Waals surface area contributed by atoms with Crippen molar-refractivity contribution in [2.75, 3.05) is 19.8 Å². The summed E-state index contributed by atoms with van der Waals surface area (Å²) in [7, 11) is 0. The van der Waals surface area contributed by atoms with Gasteiger partial charge in [-0.25, -0.2) is 0 Å². The molecule has 0 unspecified atom stereocenters. The molecule has 2 aromatic heterocycles. The van der Waals surface area contributed by atoms with Crippen molar-refractivity contribution < 1.29 is 9.84 Å². The average Bonchev–Trinajstić information content (AvgIpc) is 2.52. The quantitative estimate of drug-likeness (QED) is 0.816. The van der Waals surface area contributed by atoms with E-state index in [9.17, 15) is 0 Å². The maximum absolute atomic E-state index is 8.93. The van der Waals surface area contributed by atoms with Crippen LogP contribution in [0.5, 0.6) is 5.75 Å². The van der Waals surface area contributed by atoms with Gasteiger partial charge in [0, 0.05) is 42.4 Å². The van der Waals surface area contributed by atoms with Crippen molar-refractivity contribution in [2.24, 2.45) is 0 Å². The van der Waals surface area contributed by atoms with Crippen LogP contribution in [-0.4, -0.2) is 40.9 Å². The third-order valence-electron chi connectivity index (χ3n) is 3.84. The van der Waals surface area contributed by atoms with Gasteiger partial charge in [-0.15, -0.1) is 0 Å². The first kappa shape index (κ1) is 14.9. The van der Waals surface area contributed by atoms with Crippen molar-refractivity contribution in [3.8, 4) is 16.9 Å². The standard InChI is InChI=1S/C17H21N3O2/c21-5-1-2-13-6-14(9-18-8-13)15-7-17(11-19-10-15)22-12-16-3-4-20-16/h6-11,16,20-21H,1-5,12H2/t16-/m0/s1. The Bertz CT molecular complexity index is 614. The van der Waals surface area contributed by atoms with Gasteiger partial charge in [-0.05, 0) is 43.5 Å². The minimum atomic E-state index is 0.199. The van der Waals surface area contributed by atoms with E-state index in [0.717, 1.165) is 41.8 Å². The first-order valence-corrected chi connectivity index (χ1v) is 7.71. The van der Waals surface area contributed by atoms with E-state index in [0.29, 0.717) is 12.6 Å². The summed E-state index contributed by atoms with van der Waals surface area (Å²) in [6, 6.07) is 4.56. The van der Waals surface area contributed by atoms with Crippen molar-refractivity contribution in [1.29, 1.82) is 0 Å². The topological polar surface area (TPSA) is 67.3 Å². The highest BCUT2D eigenvalue weighted by molar-refractivity contribution is 5.63. The van der Waals surface area contributed by atoms with Gasteiger partial charge in [-0.3, -0.25) is 9.97 Å². The molecule has 3 rings (SSSR count). The Labute approximate surface area is 130 Å². The third kappa shape index (κ3) is 3.81. The highest BCUT2D eigenvalue weighted by atomic mass is 16.5. The molecule has 1 aliphatic heterocycles. The zero-order valence-electron chi connectivity index (χ0n) is 12.5. The van der Waals surface area contributed by atoms with E-state index in [1.807, 2.05) is 24.7 Å². The minimum Gasteiger partial charge on any atom is -0.490 e. The Hall–Kier alpha value is -1.98. The lowest BCUT2D eigenvalue weighted by atomic mass is 10.1. The van der Waals surface area contributed by atoms with Crippen molar-refractivity contribution >= 4 is 0 Å². The summed E-state index contributed by atoms with van der Waals surface area (Å²) in [5, 5.41) is 12.2. The molecular weight excluding hydrogens is 278 g/mol. The molecule has 116 valence electrons. The maximum Gasteiger partial charge on any atom is 0.138 e. The van der Waals surface area contributed by atoms with Gasteiger partial charge in [0.1, 0.15) is 12.4 Å². The Morgan fingerprint density at radius 2 is 1.91 bits per heavy atom. The number of nitrogens with one attached hydrogen (secondary N) is 1. The molecule has 0 saturated carbocycles. The lowest BCUT2D eigenvalue weighted by molar-refractivity contribution is 0.217. The van der Waals surface area contributed by atoms with E-state index in [1.165, 1.54) is 6.42 Å². The van der Waals surface area contributed by atoms with Crippen LogP contribution in [0, 0.1) is 0 Å². The molecule has 5 heteroatoms. The van der Waals surface area contributed by atoms with Crippen LogP contribution in [0.3, 0.4) is 0 Å². The zero-order valence-corrected chi connectivity index (χ0v) is 12.5. The average molecular weight is 299 g/mol. The van der Waals surface area contributed by atoms with E-state index in [4.69, 9.17) is 9.84 Å². The molecule has 1 fully saturated rings. The van der Waals surface area contributed by atoms with Gasteiger partial charge < -0.3 is 15.2 Å². The fraction of sp³-hybridized carbons (Fsp3) is 0.412. The van der Waals surface area contributed by atoms with E-state index < -0.39 is 0 Å². The van der Waals surface area contributed by atoms with E-state index in [2.05, 4.69) is 21.4 Å². The summed E-state index contributed by atoms with van der Waals surface area (Å²) in [5.74, 6) is 0.784. The van der Waals surface area contributed by atoms with Crippen LogP contribution in [0.4, 0.5) is 0 Å². The molecule has 2 aromatic rings. The first-order valence-electron chi connectivity index (χ1n) is 7.71. The van der Waals surface area contributed by atoms with Gasteiger partial charge in [0.15, 0.2) is 0 Å². The summed E-state index contributed by atoms with van der Waals surface area (Å²) >= 11 is 0. The first-order chi connectivity index (χ1) is 10.8. The second-order valence-electron chi connectivity index (χ2n) is 5.57. The molecule has 5 nitrogen and oxygen atoms in total.